The van der Waals surface area contributed by atoms with E-state index in [0.29, 0.717) is 29.9 Å². The van der Waals surface area contributed by atoms with Crippen molar-refractivity contribution in [2.45, 2.75) is 31.7 Å². The third-order valence-electron chi connectivity index (χ3n) is 5.41. The summed E-state index contributed by atoms with van der Waals surface area (Å²) in [5.41, 5.74) is 4.86. The summed E-state index contributed by atoms with van der Waals surface area (Å²) in [6, 6.07) is 20.2. The molecule has 0 bridgehead atoms. The Kier molecular flexibility index (Phi) is 5.35. The van der Waals surface area contributed by atoms with Crippen LogP contribution in [0.1, 0.15) is 32.6 Å². The molecule has 1 N–H and O–H groups in total. The third-order valence-corrected chi connectivity index (χ3v) is 6.94. The van der Waals surface area contributed by atoms with Crippen LogP contribution in [0.3, 0.4) is 0 Å². The van der Waals surface area contributed by atoms with Gasteiger partial charge in [-0.25, -0.2) is 8.42 Å². The molecule has 6 heteroatoms. The number of nitrogens with zero attached hydrogens (tertiary/aromatic N) is 1. The van der Waals surface area contributed by atoms with Gasteiger partial charge >= 0.3 is 0 Å². The van der Waals surface area contributed by atoms with Gasteiger partial charge in [0.2, 0.25) is 0 Å². The standard InChI is InChI=1S/C24H24N2O3S/c1-17-8-9-18(2)23(14-17)30(28,29)25-22-11-10-19-12-13-26(16-21(19)15-22)24(27)20-6-4-3-5-7-20/h3-11,14-15,25H,12-13,16H2,1-2H3. The summed E-state index contributed by atoms with van der Waals surface area (Å²) in [5, 5.41) is 0. The lowest BCUT2D eigenvalue weighted by Gasteiger charge is -2.29. The molecule has 1 aliphatic rings. The van der Waals surface area contributed by atoms with Crippen LogP contribution in [0.5, 0.6) is 0 Å². The number of sulfonamides is 1. The van der Waals surface area contributed by atoms with Crippen molar-refractivity contribution < 1.29 is 13.2 Å². The fraction of sp³-hybridized carbons (Fsp3) is 0.208. The van der Waals surface area contributed by atoms with Gasteiger partial charge in [-0.2, -0.15) is 0 Å². The van der Waals surface area contributed by atoms with E-state index in [9.17, 15) is 13.2 Å². The summed E-state index contributed by atoms with van der Waals surface area (Å²) in [5.74, 6) is -0.0115. The number of rotatable bonds is 4. The maximum absolute atomic E-state index is 12.9. The highest BCUT2D eigenvalue weighted by Gasteiger charge is 2.23. The first-order valence-corrected chi connectivity index (χ1v) is 11.4. The van der Waals surface area contributed by atoms with E-state index in [0.717, 1.165) is 23.1 Å². The largest absolute Gasteiger partial charge is 0.334 e. The smallest absolute Gasteiger partial charge is 0.262 e. The highest BCUT2D eigenvalue weighted by Crippen LogP contribution is 2.26. The third kappa shape index (κ3) is 4.09. The molecule has 5 nitrogen and oxygen atoms in total. The number of amides is 1. The molecule has 0 aliphatic carbocycles. The lowest BCUT2D eigenvalue weighted by atomic mass is 9.98. The van der Waals surface area contributed by atoms with Crippen LogP contribution in [0.25, 0.3) is 0 Å². The number of carbonyl (C=O) groups is 1. The van der Waals surface area contributed by atoms with E-state index in [-0.39, 0.29) is 10.8 Å². The fourth-order valence-corrected chi connectivity index (χ4v) is 5.14. The van der Waals surface area contributed by atoms with Gasteiger partial charge in [0.1, 0.15) is 0 Å². The summed E-state index contributed by atoms with van der Waals surface area (Å²) in [7, 11) is -3.70. The van der Waals surface area contributed by atoms with Crippen LogP contribution in [0.15, 0.2) is 71.6 Å². The average molecular weight is 421 g/mol. The van der Waals surface area contributed by atoms with E-state index in [4.69, 9.17) is 0 Å². The van der Waals surface area contributed by atoms with Gasteiger partial charge in [-0.15, -0.1) is 0 Å². The van der Waals surface area contributed by atoms with Crippen molar-refractivity contribution in [3.05, 3.63) is 94.5 Å². The first-order valence-electron chi connectivity index (χ1n) is 9.90. The zero-order valence-electron chi connectivity index (χ0n) is 17.1. The quantitative estimate of drug-likeness (QED) is 0.684. The van der Waals surface area contributed by atoms with E-state index < -0.39 is 10.0 Å². The van der Waals surface area contributed by atoms with Crippen LogP contribution in [-0.4, -0.2) is 25.8 Å². The minimum Gasteiger partial charge on any atom is -0.334 e. The molecule has 30 heavy (non-hydrogen) atoms. The van der Waals surface area contributed by atoms with E-state index >= 15 is 0 Å². The fourth-order valence-electron chi connectivity index (χ4n) is 3.76. The van der Waals surface area contributed by atoms with E-state index in [2.05, 4.69) is 4.72 Å². The predicted octanol–water partition coefficient (Wildman–Crippen LogP) is 4.30. The molecule has 154 valence electrons. The number of carbonyl (C=O) groups excluding carboxylic acids is 1. The van der Waals surface area contributed by atoms with Gasteiger partial charge in [-0.3, -0.25) is 9.52 Å². The molecule has 1 aliphatic heterocycles. The molecular weight excluding hydrogens is 396 g/mol. The lowest BCUT2D eigenvalue weighted by molar-refractivity contribution is 0.0734. The van der Waals surface area contributed by atoms with Gasteiger partial charge < -0.3 is 4.90 Å². The Bertz CT molecular complexity index is 1200. The number of benzene rings is 3. The molecule has 0 saturated heterocycles. The van der Waals surface area contributed by atoms with Crippen LogP contribution in [0, 0.1) is 13.8 Å². The monoisotopic (exact) mass is 420 g/mol. The van der Waals surface area contributed by atoms with Gasteiger partial charge in [0, 0.05) is 24.3 Å². The highest BCUT2D eigenvalue weighted by molar-refractivity contribution is 7.92. The molecule has 4 rings (SSSR count). The Balaban J connectivity index is 1.57. The molecule has 0 fully saturated rings. The van der Waals surface area contributed by atoms with Gasteiger partial charge in [0.05, 0.1) is 4.90 Å². The maximum Gasteiger partial charge on any atom is 0.262 e. The Morgan fingerprint density at radius 1 is 0.933 bits per heavy atom. The highest BCUT2D eigenvalue weighted by atomic mass is 32.2. The van der Waals surface area contributed by atoms with E-state index in [1.807, 2.05) is 61.5 Å². The van der Waals surface area contributed by atoms with Gasteiger partial charge in [0.15, 0.2) is 0 Å². The Labute approximate surface area is 177 Å². The summed E-state index contributed by atoms with van der Waals surface area (Å²) in [6.07, 6.45) is 0.748. The molecule has 0 unspecified atom stereocenters. The van der Waals surface area contributed by atoms with Crippen molar-refractivity contribution in [1.82, 2.24) is 4.90 Å². The molecule has 0 radical (unpaired) electrons. The molecule has 1 heterocycles. The second-order valence-corrected chi connectivity index (χ2v) is 9.35. The normalized spacial score (nSPS) is 13.6. The number of aryl methyl sites for hydroxylation is 2. The van der Waals surface area contributed by atoms with Crippen LogP contribution >= 0.6 is 0 Å². The molecule has 0 spiro atoms. The van der Waals surface area contributed by atoms with Crippen molar-refractivity contribution >= 4 is 21.6 Å². The number of hydrogen-bond donors (Lipinski definition) is 1. The SMILES string of the molecule is Cc1ccc(C)c(S(=O)(=O)Nc2ccc3c(c2)CN(C(=O)c2ccccc2)CC3)c1. The first-order chi connectivity index (χ1) is 14.3. The minimum atomic E-state index is -3.70. The average Bonchev–Trinajstić information content (AvgIpc) is 2.74. The molecule has 0 saturated carbocycles. The zero-order valence-corrected chi connectivity index (χ0v) is 17.9. The molecule has 0 atom stereocenters. The van der Waals surface area contributed by atoms with Crippen LogP contribution < -0.4 is 4.72 Å². The molecule has 0 aromatic heterocycles. The first kappa shape index (κ1) is 20.2. The molecule has 1 amide bonds. The zero-order chi connectivity index (χ0) is 21.3. The Morgan fingerprint density at radius 2 is 1.70 bits per heavy atom. The van der Waals surface area contributed by atoms with E-state index in [1.165, 1.54) is 0 Å². The number of hydrogen-bond acceptors (Lipinski definition) is 3. The summed E-state index contributed by atoms with van der Waals surface area (Å²) in [6.45, 7) is 4.76. The Morgan fingerprint density at radius 3 is 2.47 bits per heavy atom. The molecular formula is C24H24N2O3S. The minimum absolute atomic E-state index is 0.0115. The van der Waals surface area contributed by atoms with Gasteiger partial charge in [-0.05, 0) is 72.9 Å². The van der Waals surface area contributed by atoms with Crippen LogP contribution in [0.2, 0.25) is 0 Å². The summed E-state index contributed by atoms with van der Waals surface area (Å²) < 4.78 is 28.5. The van der Waals surface area contributed by atoms with Crippen molar-refractivity contribution in [1.29, 1.82) is 0 Å². The van der Waals surface area contributed by atoms with Gasteiger partial charge in [-0.1, -0.05) is 36.4 Å². The van der Waals surface area contributed by atoms with Gasteiger partial charge in [0.25, 0.3) is 15.9 Å². The maximum atomic E-state index is 12.9. The molecule has 3 aromatic carbocycles. The van der Waals surface area contributed by atoms with E-state index in [1.54, 1.807) is 24.0 Å². The topological polar surface area (TPSA) is 66.5 Å². The summed E-state index contributed by atoms with van der Waals surface area (Å²) in [4.78, 5) is 14.9. The summed E-state index contributed by atoms with van der Waals surface area (Å²) >= 11 is 0. The van der Waals surface area contributed by atoms with Crippen LogP contribution in [-0.2, 0) is 23.0 Å². The van der Waals surface area contributed by atoms with Crippen molar-refractivity contribution in [3.8, 4) is 0 Å². The van der Waals surface area contributed by atoms with Crippen molar-refractivity contribution in [2.24, 2.45) is 0 Å². The number of nitrogens with one attached hydrogen (secondary N) is 1. The van der Waals surface area contributed by atoms with Crippen molar-refractivity contribution in [2.75, 3.05) is 11.3 Å². The van der Waals surface area contributed by atoms with Crippen LogP contribution in [0.4, 0.5) is 5.69 Å². The Hall–Kier alpha value is -3.12. The number of anilines is 1. The predicted molar refractivity (Wildman–Crippen MR) is 118 cm³/mol. The number of fused-ring (bicyclic) bond motifs is 1. The second kappa shape index (κ2) is 7.95. The molecule has 3 aromatic rings. The van der Waals surface area contributed by atoms with Crippen molar-refractivity contribution in [3.63, 3.8) is 0 Å². The lowest BCUT2D eigenvalue weighted by Crippen LogP contribution is -2.36. The second-order valence-electron chi connectivity index (χ2n) is 7.70.